The molecule has 2 aromatic carbocycles. The minimum absolute atomic E-state index is 0.0310. The highest BCUT2D eigenvalue weighted by Crippen LogP contribution is 2.31. The highest BCUT2D eigenvalue weighted by Gasteiger charge is 2.23. The van der Waals surface area contributed by atoms with Gasteiger partial charge < -0.3 is 10.1 Å². The summed E-state index contributed by atoms with van der Waals surface area (Å²) < 4.78 is 31.8. The summed E-state index contributed by atoms with van der Waals surface area (Å²) >= 11 is 0. The van der Waals surface area contributed by atoms with Gasteiger partial charge in [0.25, 0.3) is 5.91 Å². The molecule has 0 radical (unpaired) electrons. The van der Waals surface area contributed by atoms with Crippen molar-refractivity contribution in [2.24, 2.45) is 0 Å². The van der Waals surface area contributed by atoms with Gasteiger partial charge in [0, 0.05) is 23.6 Å². The Morgan fingerprint density at radius 2 is 1.86 bits per heavy atom. The number of nitrogens with one attached hydrogen (secondary N) is 1. The SMILES string of the molecule is O=C(N[C@H]1CCOc2ccccc21)c1cc(F)cc(F)c1. The zero-order valence-corrected chi connectivity index (χ0v) is 11.1. The van der Waals surface area contributed by atoms with Crippen LogP contribution in [0.3, 0.4) is 0 Å². The molecular weight excluding hydrogens is 276 g/mol. The van der Waals surface area contributed by atoms with Crippen LogP contribution in [0.2, 0.25) is 0 Å². The molecule has 108 valence electrons. The van der Waals surface area contributed by atoms with Crippen LogP contribution in [0.4, 0.5) is 8.78 Å². The van der Waals surface area contributed by atoms with Crippen LogP contribution in [0.5, 0.6) is 5.75 Å². The molecule has 1 aliphatic rings. The lowest BCUT2D eigenvalue weighted by Crippen LogP contribution is -2.32. The first-order valence-corrected chi connectivity index (χ1v) is 6.62. The molecule has 3 nitrogen and oxygen atoms in total. The van der Waals surface area contributed by atoms with Gasteiger partial charge in [0.05, 0.1) is 12.6 Å². The Morgan fingerprint density at radius 1 is 1.14 bits per heavy atom. The smallest absolute Gasteiger partial charge is 0.251 e. The third-order valence-electron chi connectivity index (χ3n) is 3.39. The Bertz CT molecular complexity index is 667. The molecule has 0 aromatic heterocycles. The summed E-state index contributed by atoms with van der Waals surface area (Å²) in [5.74, 6) is -1.32. The van der Waals surface area contributed by atoms with E-state index < -0.39 is 17.5 Å². The number of ether oxygens (including phenoxy) is 1. The monoisotopic (exact) mass is 289 g/mol. The van der Waals surface area contributed by atoms with Gasteiger partial charge in [-0.2, -0.15) is 0 Å². The van der Waals surface area contributed by atoms with E-state index in [9.17, 15) is 13.6 Å². The number of fused-ring (bicyclic) bond motifs is 1. The summed E-state index contributed by atoms with van der Waals surface area (Å²) in [5, 5.41) is 2.79. The second-order valence-electron chi connectivity index (χ2n) is 4.86. The lowest BCUT2D eigenvalue weighted by atomic mass is 10.00. The molecule has 0 unspecified atom stereocenters. The number of carbonyl (C=O) groups excluding carboxylic acids is 1. The molecule has 0 spiro atoms. The molecule has 1 N–H and O–H groups in total. The fourth-order valence-electron chi connectivity index (χ4n) is 2.42. The molecule has 3 rings (SSSR count). The Balaban J connectivity index is 1.82. The first-order chi connectivity index (χ1) is 10.1. The lowest BCUT2D eigenvalue weighted by molar-refractivity contribution is 0.0924. The summed E-state index contributed by atoms with van der Waals surface area (Å²) in [6, 6.07) is 9.95. The first kappa shape index (κ1) is 13.5. The minimum atomic E-state index is -0.771. The average molecular weight is 289 g/mol. The number of halogens is 2. The van der Waals surface area contributed by atoms with Crippen LogP contribution in [-0.2, 0) is 0 Å². The fourth-order valence-corrected chi connectivity index (χ4v) is 2.42. The number of amides is 1. The maximum absolute atomic E-state index is 13.2. The molecule has 0 saturated heterocycles. The van der Waals surface area contributed by atoms with Gasteiger partial charge in [0.2, 0.25) is 0 Å². The molecular formula is C16H13F2NO2. The van der Waals surface area contributed by atoms with E-state index in [1.165, 1.54) is 0 Å². The fraction of sp³-hybridized carbons (Fsp3) is 0.188. The van der Waals surface area contributed by atoms with Gasteiger partial charge in [0.15, 0.2) is 0 Å². The largest absolute Gasteiger partial charge is 0.493 e. The van der Waals surface area contributed by atoms with E-state index in [1.807, 2.05) is 24.3 Å². The molecule has 21 heavy (non-hydrogen) atoms. The molecule has 0 fully saturated rings. The quantitative estimate of drug-likeness (QED) is 0.922. The van der Waals surface area contributed by atoms with Crippen molar-refractivity contribution < 1.29 is 18.3 Å². The predicted molar refractivity (Wildman–Crippen MR) is 73.1 cm³/mol. The van der Waals surface area contributed by atoms with E-state index in [1.54, 1.807) is 0 Å². The van der Waals surface area contributed by atoms with Gasteiger partial charge in [-0.05, 0) is 18.2 Å². The minimum Gasteiger partial charge on any atom is -0.493 e. The third kappa shape index (κ3) is 2.86. The average Bonchev–Trinajstić information content (AvgIpc) is 2.46. The Labute approximate surface area is 120 Å². The van der Waals surface area contributed by atoms with Crippen molar-refractivity contribution >= 4 is 5.91 Å². The van der Waals surface area contributed by atoms with E-state index in [4.69, 9.17) is 4.74 Å². The highest BCUT2D eigenvalue weighted by molar-refractivity contribution is 5.94. The van der Waals surface area contributed by atoms with Crippen LogP contribution in [0, 0.1) is 11.6 Å². The topological polar surface area (TPSA) is 38.3 Å². The molecule has 0 saturated carbocycles. The zero-order valence-electron chi connectivity index (χ0n) is 11.1. The zero-order chi connectivity index (χ0) is 14.8. The lowest BCUT2D eigenvalue weighted by Gasteiger charge is -2.26. The predicted octanol–water partition coefficient (Wildman–Crippen LogP) is 3.22. The van der Waals surface area contributed by atoms with Crippen molar-refractivity contribution in [3.05, 3.63) is 65.2 Å². The molecule has 0 aliphatic carbocycles. The van der Waals surface area contributed by atoms with Crippen molar-refractivity contribution in [1.29, 1.82) is 0 Å². The molecule has 1 heterocycles. The second-order valence-corrected chi connectivity index (χ2v) is 4.86. The van der Waals surface area contributed by atoms with Crippen LogP contribution in [-0.4, -0.2) is 12.5 Å². The van der Waals surface area contributed by atoms with Gasteiger partial charge in [0.1, 0.15) is 17.4 Å². The van der Waals surface area contributed by atoms with Crippen LogP contribution in [0.25, 0.3) is 0 Å². The normalized spacial score (nSPS) is 16.8. The number of para-hydroxylation sites is 1. The number of carbonyl (C=O) groups is 1. The molecule has 1 aliphatic heterocycles. The van der Waals surface area contributed by atoms with Gasteiger partial charge in [-0.3, -0.25) is 4.79 Å². The summed E-state index contributed by atoms with van der Waals surface area (Å²) in [6.45, 7) is 0.486. The summed E-state index contributed by atoms with van der Waals surface area (Å²) in [4.78, 5) is 12.1. The summed E-state index contributed by atoms with van der Waals surface area (Å²) in [7, 11) is 0. The highest BCUT2D eigenvalue weighted by atomic mass is 19.1. The summed E-state index contributed by atoms with van der Waals surface area (Å²) in [5.41, 5.74) is 0.838. The maximum atomic E-state index is 13.2. The van der Waals surface area contributed by atoms with Gasteiger partial charge in [-0.15, -0.1) is 0 Å². The second kappa shape index (κ2) is 5.52. The van der Waals surface area contributed by atoms with Gasteiger partial charge in [-0.25, -0.2) is 8.78 Å². The number of rotatable bonds is 2. The van der Waals surface area contributed by atoms with Crippen LogP contribution < -0.4 is 10.1 Å². The van der Waals surface area contributed by atoms with Gasteiger partial charge >= 0.3 is 0 Å². The van der Waals surface area contributed by atoms with Crippen molar-refractivity contribution in [2.45, 2.75) is 12.5 Å². The van der Waals surface area contributed by atoms with Crippen LogP contribution >= 0.6 is 0 Å². The molecule has 1 amide bonds. The number of hydrogen-bond donors (Lipinski definition) is 1. The van der Waals surface area contributed by atoms with Crippen molar-refractivity contribution in [1.82, 2.24) is 5.32 Å². The first-order valence-electron chi connectivity index (χ1n) is 6.62. The van der Waals surface area contributed by atoms with Crippen molar-refractivity contribution in [3.8, 4) is 5.75 Å². The molecule has 1 atom stereocenters. The molecule has 0 bridgehead atoms. The Kier molecular flexibility index (Phi) is 3.56. The van der Waals surface area contributed by atoms with Crippen molar-refractivity contribution in [2.75, 3.05) is 6.61 Å². The van der Waals surface area contributed by atoms with E-state index in [0.29, 0.717) is 13.0 Å². The maximum Gasteiger partial charge on any atom is 0.251 e. The number of hydrogen-bond acceptors (Lipinski definition) is 2. The third-order valence-corrected chi connectivity index (χ3v) is 3.39. The van der Waals surface area contributed by atoms with E-state index in [2.05, 4.69) is 5.32 Å². The molecule has 5 heteroatoms. The molecule has 2 aromatic rings. The summed E-state index contributed by atoms with van der Waals surface area (Å²) in [6.07, 6.45) is 0.612. The Morgan fingerprint density at radius 3 is 2.62 bits per heavy atom. The van der Waals surface area contributed by atoms with Crippen LogP contribution in [0.15, 0.2) is 42.5 Å². The van der Waals surface area contributed by atoms with E-state index in [0.717, 1.165) is 29.5 Å². The van der Waals surface area contributed by atoms with Crippen LogP contribution in [0.1, 0.15) is 28.4 Å². The van der Waals surface area contributed by atoms with E-state index in [-0.39, 0.29) is 11.6 Å². The van der Waals surface area contributed by atoms with E-state index >= 15 is 0 Å². The Hall–Kier alpha value is -2.43. The van der Waals surface area contributed by atoms with Crippen molar-refractivity contribution in [3.63, 3.8) is 0 Å². The van der Waals surface area contributed by atoms with Gasteiger partial charge in [-0.1, -0.05) is 18.2 Å². The standard InChI is InChI=1S/C16H13F2NO2/c17-11-7-10(8-12(18)9-11)16(20)19-14-5-6-21-15-4-2-1-3-13(14)15/h1-4,7-9,14H,5-6H2,(H,19,20)/t14-/m0/s1. The number of benzene rings is 2.